The Morgan fingerprint density at radius 2 is 1.65 bits per heavy atom. The van der Waals surface area contributed by atoms with Gasteiger partial charge in [0.05, 0.1) is 0 Å². The first kappa shape index (κ1) is 14.3. The first-order valence-electron chi connectivity index (χ1n) is 7.01. The van der Waals surface area contributed by atoms with Crippen molar-refractivity contribution in [2.75, 3.05) is 0 Å². The molecule has 0 aliphatic heterocycles. The molecule has 0 atom stereocenters. The summed E-state index contributed by atoms with van der Waals surface area (Å²) in [5, 5.41) is 2.95. The number of hydrogen-bond donors (Lipinski definition) is 1. The van der Waals surface area contributed by atoms with Crippen LogP contribution in [0, 0.1) is 0 Å². The number of carbonyl (C=O) groups excluding carboxylic acids is 1. The summed E-state index contributed by atoms with van der Waals surface area (Å²) in [6.45, 7) is 2.73. The van der Waals surface area contributed by atoms with Gasteiger partial charge in [-0.2, -0.15) is 0 Å². The van der Waals surface area contributed by atoms with Crippen LogP contribution in [0.25, 0.3) is 0 Å². The van der Waals surface area contributed by atoms with Gasteiger partial charge >= 0.3 is 0 Å². The lowest BCUT2D eigenvalue weighted by Crippen LogP contribution is -2.22. The first-order chi connectivity index (χ1) is 9.78. The zero-order valence-electron chi connectivity index (χ0n) is 11.8. The number of nitrogens with one attached hydrogen (secondary N) is 1. The van der Waals surface area contributed by atoms with E-state index in [4.69, 9.17) is 0 Å². The SMILES string of the molecule is CCc1ccc(CNC(=O)CCc2ccncc2)cc1. The molecule has 1 amide bonds. The van der Waals surface area contributed by atoms with Crippen molar-refractivity contribution in [1.29, 1.82) is 0 Å². The van der Waals surface area contributed by atoms with Gasteiger partial charge in [0, 0.05) is 25.4 Å². The Labute approximate surface area is 120 Å². The molecule has 2 aromatic rings. The van der Waals surface area contributed by atoms with Gasteiger partial charge < -0.3 is 5.32 Å². The molecule has 0 aliphatic rings. The van der Waals surface area contributed by atoms with Crippen LogP contribution in [0.2, 0.25) is 0 Å². The molecule has 0 saturated heterocycles. The average Bonchev–Trinajstić information content (AvgIpc) is 2.52. The summed E-state index contributed by atoms with van der Waals surface area (Å²) in [5.74, 6) is 0.0846. The lowest BCUT2D eigenvalue weighted by molar-refractivity contribution is -0.121. The highest BCUT2D eigenvalue weighted by atomic mass is 16.1. The maximum atomic E-state index is 11.8. The van der Waals surface area contributed by atoms with Crippen molar-refractivity contribution >= 4 is 5.91 Å². The predicted octanol–water partition coefficient (Wildman–Crippen LogP) is 2.89. The Morgan fingerprint density at radius 1 is 1.00 bits per heavy atom. The van der Waals surface area contributed by atoms with Crippen LogP contribution in [0.1, 0.15) is 30.0 Å². The van der Waals surface area contributed by atoms with E-state index in [2.05, 4.69) is 41.5 Å². The molecular weight excluding hydrogens is 248 g/mol. The van der Waals surface area contributed by atoms with Gasteiger partial charge in [-0.1, -0.05) is 31.2 Å². The number of hydrogen-bond acceptors (Lipinski definition) is 2. The largest absolute Gasteiger partial charge is 0.352 e. The van der Waals surface area contributed by atoms with Gasteiger partial charge in [-0.3, -0.25) is 9.78 Å². The van der Waals surface area contributed by atoms with Crippen LogP contribution < -0.4 is 5.32 Å². The van der Waals surface area contributed by atoms with E-state index in [0.29, 0.717) is 13.0 Å². The number of aryl methyl sites for hydroxylation is 2. The quantitative estimate of drug-likeness (QED) is 0.875. The predicted molar refractivity (Wildman–Crippen MR) is 80.2 cm³/mol. The molecule has 0 spiro atoms. The molecule has 1 aromatic heterocycles. The van der Waals surface area contributed by atoms with Crippen molar-refractivity contribution in [2.45, 2.75) is 32.7 Å². The molecule has 0 radical (unpaired) electrons. The number of rotatable bonds is 6. The summed E-state index contributed by atoms with van der Waals surface area (Å²) in [6, 6.07) is 12.2. The van der Waals surface area contributed by atoms with Crippen molar-refractivity contribution in [2.24, 2.45) is 0 Å². The van der Waals surface area contributed by atoms with Gasteiger partial charge in [-0.05, 0) is 41.7 Å². The van der Waals surface area contributed by atoms with Crippen molar-refractivity contribution in [3.05, 3.63) is 65.5 Å². The molecule has 0 unspecified atom stereocenters. The van der Waals surface area contributed by atoms with Crippen LogP contribution in [0.4, 0.5) is 0 Å². The lowest BCUT2D eigenvalue weighted by atomic mass is 10.1. The Balaban J connectivity index is 1.74. The lowest BCUT2D eigenvalue weighted by Gasteiger charge is -2.06. The Hall–Kier alpha value is -2.16. The van der Waals surface area contributed by atoms with E-state index in [0.717, 1.165) is 24.0 Å². The maximum absolute atomic E-state index is 11.8. The minimum absolute atomic E-state index is 0.0846. The van der Waals surface area contributed by atoms with E-state index >= 15 is 0 Å². The highest BCUT2D eigenvalue weighted by Gasteiger charge is 2.02. The third kappa shape index (κ3) is 4.50. The number of aromatic nitrogens is 1. The minimum Gasteiger partial charge on any atom is -0.352 e. The normalized spacial score (nSPS) is 10.2. The second-order valence-corrected chi connectivity index (χ2v) is 4.80. The van der Waals surface area contributed by atoms with Gasteiger partial charge in [0.25, 0.3) is 0 Å². The average molecular weight is 268 g/mol. The van der Waals surface area contributed by atoms with Gasteiger partial charge in [0.1, 0.15) is 0 Å². The Kier molecular flexibility index (Phi) is 5.30. The maximum Gasteiger partial charge on any atom is 0.220 e. The fourth-order valence-corrected chi connectivity index (χ4v) is 1.99. The second-order valence-electron chi connectivity index (χ2n) is 4.80. The zero-order valence-corrected chi connectivity index (χ0v) is 11.8. The van der Waals surface area contributed by atoms with E-state index in [1.165, 1.54) is 5.56 Å². The minimum atomic E-state index is 0.0846. The number of benzene rings is 1. The summed E-state index contributed by atoms with van der Waals surface area (Å²) in [7, 11) is 0. The van der Waals surface area contributed by atoms with Gasteiger partial charge in [0.15, 0.2) is 0 Å². The van der Waals surface area contributed by atoms with Crippen LogP contribution in [0.5, 0.6) is 0 Å². The van der Waals surface area contributed by atoms with E-state index in [1.54, 1.807) is 12.4 Å². The van der Waals surface area contributed by atoms with E-state index in [1.807, 2.05) is 12.1 Å². The van der Waals surface area contributed by atoms with Crippen LogP contribution >= 0.6 is 0 Å². The smallest absolute Gasteiger partial charge is 0.220 e. The monoisotopic (exact) mass is 268 g/mol. The van der Waals surface area contributed by atoms with Crippen LogP contribution in [0.15, 0.2) is 48.8 Å². The molecule has 0 saturated carbocycles. The molecule has 2 rings (SSSR count). The molecule has 3 nitrogen and oxygen atoms in total. The highest BCUT2D eigenvalue weighted by molar-refractivity contribution is 5.76. The number of pyridine rings is 1. The molecule has 1 heterocycles. The van der Waals surface area contributed by atoms with Crippen LogP contribution in [-0.4, -0.2) is 10.9 Å². The number of carbonyl (C=O) groups is 1. The molecular formula is C17H20N2O. The summed E-state index contributed by atoms with van der Waals surface area (Å²) in [4.78, 5) is 15.7. The van der Waals surface area contributed by atoms with Gasteiger partial charge in [-0.15, -0.1) is 0 Å². The van der Waals surface area contributed by atoms with Crippen molar-refractivity contribution in [3.8, 4) is 0 Å². The van der Waals surface area contributed by atoms with Crippen molar-refractivity contribution in [3.63, 3.8) is 0 Å². The topological polar surface area (TPSA) is 42.0 Å². The third-order valence-corrected chi connectivity index (χ3v) is 3.31. The molecule has 0 bridgehead atoms. The van der Waals surface area contributed by atoms with E-state index < -0.39 is 0 Å². The standard InChI is InChI=1S/C17H20N2O/c1-2-14-3-5-16(6-4-14)13-19-17(20)8-7-15-9-11-18-12-10-15/h3-6,9-12H,2,7-8,13H2,1H3,(H,19,20). The summed E-state index contributed by atoms with van der Waals surface area (Å²) < 4.78 is 0. The first-order valence-corrected chi connectivity index (χ1v) is 7.01. The molecule has 1 N–H and O–H groups in total. The Bertz CT molecular complexity index is 535. The molecule has 3 heteroatoms. The van der Waals surface area contributed by atoms with E-state index in [-0.39, 0.29) is 5.91 Å². The summed E-state index contributed by atoms with van der Waals surface area (Å²) in [6.07, 6.45) is 5.81. The second kappa shape index (κ2) is 7.43. The fourth-order valence-electron chi connectivity index (χ4n) is 1.99. The van der Waals surface area contributed by atoms with E-state index in [9.17, 15) is 4.79 Å². The van der Waals surface area contributed by atoms with Crippen molar-refractivity contribution in [1.82, 2.24) is 10.3 Å². The van der Waals surface area contributed by atoms with Crippen LogP contribution in [0.3, 0.4) is 0 Å². The van der Waals surface area contributed by atoms with Gasteiger partial charge in [-0.25, -0.2) is 0 Å². The van der Waals surface area contributed by atoms with Crippen LogP contribution in [-0.2, 0) is 24.2 Å². The highest BCUT2D eigenvalue weighted by Crippen LogP contribution is 2.05. The molecule has 20 heavy (non-hydrogen) atoms. The third-order valence-electron chi connectivity index (χ3n) is 3.31. The summed E-state index contributed by atoms with van der Waals surface area (Å²) in [5.41, 5.74) is 3.60. The molecule has 0 fully saturated rings. The Morgan fingerprint density at radius 3 is 2.30 bits per heavy atom. The number of nitrogens with zero attached hydrogens (tertiary/aromatic N) is 1. The summed E-state index contributed by atoms with van der Waals surface area (Å²) >= 11 is 0. The molecule has 0 aliphatic carbocycles. The fraction of sp³-hybridized carbons (Fsp3) is 0.294. The molecule has 104 valence electrons. The molecule has 1 aromatic carbocycles. The van der Waals surface area contributed by atoms with Gasteiger partial charge in [0.2, 0.25) is 5.91 Å². The zero-order chi connectivity index (χ0) is 14.2. The number of amides is 1. The van der Waals surface area contributed by atoms with Crippen molar-refractivity contribution < 1.29 is 4.79 Å².